The van der Waals surface area contributed by atoms with Crippen molar-refractivity contribution in [2.75, 3.05) is 13.1 Å². The van der Waals surface area contributed by atoms with E-state index in [2.05, 4.69) is 104 Å². The van der Waals surface area contributed by atoms with Crippen LogP contribution in [0.25, 0.3) is 11.4 Å². The summed E-state index contributed by atoms with van der Waals surface area (Å²) < 4.78 is 5.56. The molecule has 3 aromatic rings. The van der Waals surface area contributed by atoms with Crippen LogP contribution in [0.1, 0.15) is 75.6 Å². The van der Waals surface area contributed by atoms with Crippen molar-refractivity contribution in [1.29, 1.82) is 0 Å². The van der Waals surface area contributed by atoms with Gasteiger partial charge >= 0.3 is 0 Å². The molecule has 35 heavy (non-hydrogen) atoms. The number of rotatable bonds is 7. The Labute approximate surface area is 209 Å². The van der Waals surface area contributed by atoms with E-state index in [0.717, 1.165) is 36.9 Å². The molecule has 1 aliphatic rings. The summed E-state index contributed by atoms with van der Waals surface area (Å²) in [5.41, 5.74) is 4.72. The number of aromatic nitrogens is 2. The lowest BCUT2D eigenvalue weighted by atomic mass is 9.87. The molecule has 1 saturated heterocycles. The number of hydrogen-bond donors (Lipinski definition) is 1. The van der Waals surface area contributed by atoms with E-state index in [-0.39, 0.29) is 23.3 Å². The second kappa shape index (κ2) is 10.7. The van der Waals surface area contributed by atoms with Gasteiger partial charge in [-0.2, -0.15) is 4.98 Å². The summed E-state index contributed by atoms with van der Waals surface area (Å²) in [6.45, 7) is 13.0. The minimum Gasteiger partial charge on any atom is -0.349 e. The number of amides is 1. The molecule has 6 heteroatoms. The van der Waals surface area contributed by atoms with Gasteiger partial charge in [0.05, 0.1) is 18.5 Å². The van der Waals surface area contributed by atoms with Crippen LogP contribution in [0.4, 0.5) is 0 Å². The molecule has 1 aromatic heterocycles. The first-order valence-corrected chi connectivity index (χ1v) is 12.8. The van der Waals surface area contributed by atoms with Crippen LogP contribution < -0.4 is 5.32 Å². The highest BCUT2D eigenvalue weighted by Crippen LogP contribution is 2.26. The lowest BCUT2D eigenvalue weighted by Crippen LogP contribution is -2.43. The first kappa shape index (κ1) is 25.1. The molecule has 1 fully saturated rings. The quantitative estimate of drug-likeness (QED) is 0.467. The molecule has 2 aromatic carbocycles. The molecule has 0 aliphatic carbocycles. The van der Waals surface area contributed by atoms with Crippen LogP contribution in [0.3, 0.4) is 0 Å². The Balaban J connectivity index is 1.35. The normalized spacial score (nSPS) is 17.8. The second-order valence-corrected chi connectivity index (χ2v) is 10.8. The Morgan fingerprint density at radius 3 is 2.51 bits per heavy atom. The molecule has 0 saturated carbocycles. The maximum absolute atomic E-state index is 13.1. The summed E-state index contributed by atoms with van der Waals surface area (Å²) in [6, 6.07) is 16.8. The number of aryl methyl sites for hydroxylation is 1. The summed E-state index contributed by atoms with van der Waals surface area (Å²) >= 11 is 0. The molecule has 2 heterocycles. The van der Waals surface area contributed by atoms with Gasteiger partial charge < -0.3 is 9.84 Å². The zero-order valence-corrected chi connectivity index (χ0v) is 21.7. The predicted molar refractivity (Wildman–Crippen MR) is 139 cm³/mol. The Morgan fingerprint density at radius 1 is 1.14 bits per heavy atom. The van der Waals surface area contributed by atoms with Crippen molar-refractivity contribution in [2.24, 2.45) is 5.92 Å². The molecule has 2 unspecified atom stereocenters. The third kappa shape index (κ3) is 6.37. The highest BCUT2D eigenvalue weighted by molar-refractivity contribution is 5.79. The largest absolute Gasteiger partial charge is 0.349 e. The SMILES string of the molecule is CCC(NC(=O)C1CCCN(Cc2nc(-c3ccc(C(C)(C)C)cc3)no2)C1)c1ccc(C)cc1. The number of piperidine rings is 1. The van der Waals surface area contributed by atoms with E-state index in [9.17, 15) is 4.79 Å². The molecule has 0 radical (unpaired) electrons. The third-order valence-electron chi connectivity index (χ3n) is 6.92. The van der Waals surface area contributed by atoms with Crippen molar-refractivity contribution in [3.05, 3.63) is 71.1 Å². The lowest BCUT2D eigenvalue weighted by molar-refractivity contribution is -0.127. The van der Waals surface area contributed by atoms with Gasteiger partial charge in [-0.05, 0) is 49.3 Å². The van der Waals surface area contributed by atoms with Crippen LogP contribution in [0.5, 0.6) is 0 Å². The molecule has 186 valence electrons. The minimum absolute atomic E-state index is 0.0319. The Bertz CT molecular complexity index is 1110. The molecule has 2 atom stereocenters. The first-order valence-electron chi connectivity index (χ1n) is 12.8. The standard InChI is InChI=1S/C29H38N4O2/c1-6-25(21-11-9-20(2)10-12-21)30-28(34)23-8-7-17-33(18-23)19-26-31-27(32-35-26)22-13-15-24(16-14-22)29(3,4)5/h9-16,23,25H,6-8,17-19H2,1-5H3,(H,30,34). The third-order valence-corrected chi connectivity index (χ3v) is 6.92. The van der Waals surface area contributed by atoms with Crippen molar-refractivity contribution in [3.8, 4) is 11.4 Å². The van der Waals surface area contributed by atoms with Gasteiger partial charge in [0.25, 0.3) is 0 Å². The maximum Gasteiger partial charge on any atom is 0.241 e. The van der Waals surface area contributed by atoms with Gasteiger partial charge in [0.15, 0.2) is 0 Å². The minimum atomic E-state index is -0.0319. The smallest absolute Gasteiger partial charge is 0.241 e. The molecule has 0 spiro atoms. The highest BCUT2D eigenvalue weighted by atomic mass is 16.5. The molecule has 6 nitrogen and oxygen atoms in total. The number of hydrogen-bond acceptors (Lipinski definition) is 5. The molecule has 4 rings (SSSR count). The summed E-state index contributed by atoms with van der Waals surface area (Å²) in [5, 5.41) is 7.48. The number of carbonyl (C=O) groups excluding carboxylic acids is 1. The number of nitrogens with one attached hydrogen (secondary N) is 1. The van der Waals surface area contributed by atoms with Gasteiger partial charge in [0, 0.05) is 12.1 Å². The van der Waals surface area contributed by atoms with Crippen LogP contribution in [-0.4, -0.2) is 34.0 Å². The molecule has 1 amide bonds. The van der Waals surface area contributed by atoms with Crippen molar-refractivity contribution in [2.45, 2.75) is 71.9 Å². The van der Waals surface area contributed by atoms with Crippen LogP contribution in [0.15, 0.2) is 53.1 Å². The fourth-order valence-corrected chi connectivity index (χ4v) is 4.67. The summed E-state index contributed by atoms with van der Waals surface area (Å²) in [4.78, 5) is 20.0. The van der Waals surface area contributed by atoms with Crippen LogP contribution in [-0.2, 0) is 16.8 Å². The number of nitrogens with zero attached hydrogens (tertiary/aromatic N) is 3. The highest BCUT2D eigenvalue weighted by Gasteiger charge is 2.28. The zero-order chi connectivity index (χ0) is 25.0. The van der Waals surface area contributed by atoms with E-state index in [1.54, 1.807) is 0 Å². The molecule has 1 N–H and O–H groups in total. The monoisotopic (exact) mass is 474 g/mol. The zero-order valence-electron chi connectivity index (χ0n) is 21.7. The van der Waals surface area contributed by atoms with E-state index in [1.807, 2.05) is 0 Å². The maximum atomic E-state index is 13.1. The first-order chi connectivity index (χ1) is 16.7. The van der Waals surface area contributed by atoms with Crippen molar-refractivity contribution in [1.82, 2.24) is 20.4 Å². The Hall–Kier alpha value is -2.99. The molecule has 0 bridgehead atoms. The lowest BCUT2D eigenvalue weighted by Gasteiger charge is -2.32. The average Bonchev–Trinajstić information content (AvgIpc) is 3.31. The van der Waals surface area contributed by atoms with Crippen LogP contribution in [0.2, 0.25) is 0 Å². The number of benzene rings is 2. The second-order valence-electron chi connectivity index (χ2n) is 10.8. The van der Waals surface area contributed by atoms with E-state index < -0.39 is 0 Å². The predicted octanol–water partition coefficient (Wildman–Crippen LogP) is 5.82. The summed E-state index contributed by atoms with van der Waals surface area (Å²) in [7, 11) is 0. The number of likely N-dealkylation sites (tertiary alicyclic amines) is 1. The summed E-state index contributed by atoms with van der Waals surface area (Å²) in [5.74, 6) is 1.30. The van der Waals surface area contributed by atoms with Crippen LogP contribution >= 0.6 is 0 Å². The molecular weight excluding hydrogens is 436 g/mol. The van der Waals surface area contributed by atoms with Crippen molar-refractivity contribution < 1.29 is 9.32 Å². The fourth-order valence-electron chi connectivity index (χ4n) is 4.67. The molecular formula is C29H38N4O2. The summed E-state index contributed by atoms with van der Waals surface area (Å²) in [6.07, 6.45) is 2.75. The van der Waals surface area contributed by atoms with Gasteiger partial charge in [-0.15, -0.1) is 0 Å². The van der Waals surface area contributed by atoms with E-state index in [0.29, 0.717) is 24.8 Å². The average molecular weight is 475 g/mol. The number of carbonyl (C=O) groups is 1. The Morgan fingerprint density at radius 2 is 1.86 bits per heavy atom. The van der Waals surface area contributed by atoms with Gasteiger partial charge in [-0.1, -0.05) is 86.9 Å². The van der Waals surface area contributed by atoms with Crippen molar-refractivity contribution in [3.63, 3.8) is 0 Å². The Kier molecular flexibility index (Phi) is 7.70. The van der Waals surface area contributed by atoms with Gasteiger partial charge in [0.2, 0.25) is 17.6 Å². The van der Waals surface area contributed by atoms with E-state index >= 15 is 0 Å². The van der Waals surface area contributed by atoms with Crippen LogP contribution in [0, 0.1) is 12.8 Å². The fraction of sp³-hybridized carbons (Fsp3) is 0.483. The van der Waals surface area contributed by atoms with E-state index in [4.69, 9.17) is 4.52 Å². The van der Waals surface area contributed by atoms with Gasteiger partial charge in [-0.25, -0.2) is 0 Å². The van der Waals surface area contributed by atoms with Crippen molar-refractivity contribution >= 4 is 5.91 Å². The van der Waals surface area contributed by atoms with Gasteiger partial charge in [-0.3, -0.25) is 9.69 Å². The van der Waals surface area contributed by atoms with E-state index in [1.165, 1.54) is 11.1 Å². The molecule has 1 aliphatic heterocycles. The van der Waals surface area contributed by atoms with Gasteiger partial charge in [0.1, 0.15) is 0 Å². The topological polar surface area (TPSA) is 71.3 Å².